The van der Waals surface area contributed by atoms with Gasteiger partial charge in [0.1, 0.15) is 16.0 Å². The Morgan fingerprint density at radius 1 is 1.08 bits per heavy atom. The van der Waals surface area contributed by atoms with Gasteiger partial charge in [-0.1, -0.05) is 12.1 Å². The van der Waals surface area contributed by atoms with Crippen LogP contribution in [0.2, 0.25) is 0 Å². The highest BCUT2D eigenvalue weighted by molar-refractivity contribution is 7.24. The third-order valence-electron chi connectivity index (χ3n) is 6.67. The van der Waals surface area contributed by atoms with Gasteiger partial charge in [0.2, 0.25) is 5.43 Å². The third kappa shape index (κ3) is 4.20. The summed E-state index contributed by atoms with van der Waals surface area (Å²) in [7, 11) is 0. The summed E-state index contributed by atoms with van der Waals surface area (Å²) in [5.41, 5.74) is 3.15. The molecule has 0 unspecified atom stereocenters. The number of fused-ring (bicyclic) bond motifs is 5. The van der Waals surface area contributed by atoms with Gasteiger partial charge in [-0.25, -0.2) is 4.98 Å². The van der Waals surface area contributed by atoms with Gasteiger partial charge in [-0.3, -0.25) is 19.0 Å². The van der Waals surface area contributed by atoms with Crippen molar-refractivity contribution in [2.24, 2.45) is 0 Å². The van der Waals surface area contributed by atoms with Crippen LogP contribution in [0.3, 0.4) is 0 Å². The molecule has 6 rings (SSSR count). The minimum Gasteiger partial charge on any atom is -0.380 e. The normalized spacial score (nSPS) is 14.1. The molecule has 0 saturated carbocycles. The van der Waals surface area contributed by atoms with E-state index in [1.807, 2.05) is 40.8 Å². The molecule has 1 aliphatic rings. The standard InChI is InChI=1S/C27H26N6O2S/c34-24-20-15-19(30-16-18-7-9-28-10-8-18)17-31-25(20)33-21-5-1-2-6-22(21)36-27(33)23(24)26(35)29-11-14-32-12-3-4-13-32/h1-2,5-10,15,17,30H,3-4,11-14,16H2,(H,29,35). The molecule has 1 amide bonds. The molecule has 0 radical (unpaired) electrons. The molecular formula is C27H26N6O2S. The van der Waals surface area contributed by atoms with Crippen LogP contribution in [0.25, 0.3) is 26.1 Å². The zero-order chi connectivity index (χ0) is 24.5. The van der Waals surface area contributed by atoms with Crippen molar-refractivity contribution in [2.75, 3.05) is 31.5 Å². The van der Waals surface area contributed by atoms with E-state index in [2.05, 4.69) is 25.5 Å². The largest absolute Gasteiger partial charge is 0.380 e. The van der Waals surface area contributed by atoms with Crippen LogP contribution in [0.1, 0.15) is 28.8 Å². The Bertz CT molecular complexity index is 1620. The zero-order valence-corrected chi connectivity index (χ0v) is 20.6. The summed E-state index contributed by atoms with van der Waals surface area (Å²) < 4.78 is 2.94. The maximum absolute atomic E-state index is 13.8. The molecule has 1 saturated heterocycles. The number of aromatic nitrogens is 3. The fraction of sp³-hybridized carbons (Fsp3) is 0.259. The molecule has 0 spiro atoms. The van der Waals surface area contributed by atoms with Crippen molar-refractivity contribution >= 4 is 49.0 Å². The Balaban J connectivity index is 1.41. The lowest BCUT2D eigenvalue weighted by molar-refractivity contribution is 0.0950. The Kier molecular flexibility index (Phi) is 6.08. The van der Waals surface area contributed by atoms with Gasteiger partial charge < -0.3 is 15.5 Å². The number of anilines is 1. The molecule has 1 aromatic carbocycles. The molecule has 2 N–H and O–H groups in total. The number of nitrogens with zero attached hydrogens (tertiary/aromatic N) is 4. The SMILES string of the molecule is O=C(NCCN1CCCC1)c1c(=O)c2cc(NCc3ccncc3)cnc2n2c1sc1ccccc12. The highest BCUT2D eigenvalue weighted by Crippen LogP contribution is 2.31. The van der Waals surface area contributed by atoms with E-state index >= 15 is 0 Å². The first-order chi connectivity index (χ1) is 17.7. The van der Waals surface area contributed by atoms with Gasteiger partial charge in [-0.2, -0.15) is 0 Å². The van der Waals surface area contributed by atoms with Gasteiger partial charge in [-0.15, -0.1) is 11.3 Å². The highest BCUT2D eigenvalue weighted by Gasteiger charge is 2.23. The van der Waals surface area contributed by atoms with E-state index in [1.165, 1.54) is 24.2 Å². The summed E-state index contributed by atoms with van der Waals surface area (Å²) in [5.74, 6) is -0.333. The monoisotopic (exact) mass is 498 g/mol. The van der Waals surface area contributed by atoms with Crippen molar-refractivity contribution in [2.45, 2.75) is 19.4 Å². The minimum absolute atomic E-state index is 0.179. The summed E-state index contributed by atoms with van der Waals surface area (Å²) in [6, 6.07) is 13.6. The zero-order valence-electron chi connectivity index (χ0n) is 19.7. The fourth-order valence-corrected chi connectivity index (χ4v) is 6.00. The van der Waals surface area contributed by atoms with Crippen LogP contribution in [0.15, 0.2) is 65.8 Å². The number of benzene rings is 1. The summed E-state index contributed by atoms with van der Waals surface area (Å²) >= 11 is 1.45. The predicted octanol–water partition coefficient (Wildman–Crippen LogP) is 3.90. The molecule has 5 aromatic rings. The first-order valence-corrected chi connectivity index (χ1v) is 13.0. The predicted molar refractivity (Wildman–Crippen MR) is 144 cm³/mol. The van der Waals surface area contributed by atoms with E-state index < -0.39 is 0 Å². The van der Waals surface area contributed by atoms with Crippen molar-refractivity contribution < 1.29 is 4.79 Å². The number of hydrogen-bond acceptors (Lipinski definition) is 7. The van der Waals surface area contributed by atoms with Crippen molar-refractivity contribution in [1.29, 1.82) is 0 Å². The van der Waals surface area contributed by atoms with Gasteiger partial charge in [0.15, 0.2) is 0 Å². The molecule has 1 fully saturated rings. The Morgan fingerprint density at radius 2 is 1.89 bits per heavy atom. The smallest absolute Gasteiger partial charge is 0.258 e. The molecule has 8 nitrogen and oxygen atoms in total. The number of carbonyl (C=O) groups excluding carboxylic acids is 1. The second kappa shape index (κ2) is 9.67. The number of para-hydroxylation sites is 1. The molecule has 5 heterocycles. The molecule has 182 valence electrons. The molecule has 4 aromatic heterocycles. The molecular weight excluding hydrogens is 472 g/mol. The van der Waals surface area contributed by atoms with Crippen molar-refractivity contribution in [3.05, 3.63) is 82.4 Å². The van der Waals surface area contributed by atoms with Crippen molar-refractivity contribution in [3.63, 3.8) is 0 Å². The maximum Gasteiger partial charge on any atom is 0.258 e. The topological polar surface area (TPSA) is 91.6 Å². The van der Waals surface area contributed by atoms with Gasteiger partial charge in [0.05, 0.1) is 27.5 Å². The fourth-order valence-electron chi connectivity index (χ4n) is 4.82. The number of nitrogens with one attached hydrogen (secondary N) is 2. The maximum atomic E-state index is 13.8. The Labute approximate surface area is 211 Å². The number of amides is 1. The quantitative estimate of drug-likeness (QED) is 0.354. The van der Waals surface area contributed by atoms with Gasteiger partial charge >= 0.3 is 0 Å². The van der Waals surface area contributed by atoms with Gasteiger partial charge in [-0.05, 0) is 61.8 Å². The third-order valence-corrected chi connectivity index (χ3v) is 7.81. The summed E-state index contributed by atoms with van der Waals surface area (Å²) in [6.07, 6.45) is 7.63. The molecule has 1 aliphatic heterocycles. The number of carbonyl (C=O) groups is 1. The second-order valence-electron chi connectivity index (χ2n) is 9.02. The van der Waals surface area contributed by atoms with Crippen LogP contribution in [0.4, 0.5) is 5.69 Å². The minimum atomic E-state index is -0.333. The van der Waals surface area contributed by atoms with E-state index in [0.717, 1.165) is 41.1 Å². The van der Waals surface area contributed by atoms with E-state index in [4.69, 9.17) is 0 Å². The van der Waals surface area contributed by atoms with Crippen LogP contribution >= 0.6 is 11.3 Å². The molecule has 9 heteroatoms. The van der Waals surface area contributed by atoms with E-state index in [9.17, 15) is 9.59 Å². The lowest BCUT2D eigenvalue weighted by atomic mass is 10.1. The number of rotatable bonds is 7. The number of pyridine rings is 3. The van der Waals surface area contributed by atoms with Crippen LogP contribution in [0.5, 0.6) is 0 Å². The molecule has 0 aliphatic carbocycles. The highest BCUT2D eigenvalue weighted by atomic mass is 32.1. The second-order valence-corrected chi connectivity index (χ2v) is 10.1. The number of hydrogen-bond donors (Lipinski definition) is 2. The summed E-state index contributed by atoms with van der Waals surface area (Å²) in [5, 5.41) is 6.75. The van der Waals surface area contributed by atoms with Crippen LogP contribution < -0.4 is 16.1 Å². The number of thiazole rings is 1. The molecule has 0 atom stereocenters. The van der Waals surface area contributed by atoms with Crippen LogP contribution in [0, 0.1) is 0 Å². The lowest BCUT2D eigenvalue weighted by Crippen LogP contribution is -2.35. The van der Waals surface area contributed by atoms with Crippen molar-refractivity contribution in [1.82, 2.24) is 24.6 Å². The van der Waals surface area contributed by atoms with E-state index in [0.29, 0.717) is 29.0 Å². The van der Waals surface area contributed by atoms with E-state index in [-0.39, 0.29) is 16.9 Å². The lowest BCUT2D eigenvalue weighted by Gasteiger charge is -2.15. The van der Waals surface area contributed by atoms with Gasteiger partial charge in [0.25, 0.3) is 5.91 Å². The van der Waals surface area contributed by atoms with Crippen LogP contribution in [-0.2, 0) is 6.54 Å². The molecule has 36 heavy (non-hydrogen) atoms. The summed E-state index contributed by atoms with van der Waals surface area (Å²) in [4.78, 5) is 38.8. The number of likely N-dealkylation sites (tertiary alicyclic amines) is 1. The van der Waals surface area contributed by atoms with Gasteiger partial charge in [0, 0.05) is 32.0 Å². The van der Waals surface area contributed by atoms with Crippen molar-refractivity contribution in [3.8, 4) is 0 Å². The first-order valence-electron chi connectivity index (χ1n) is 12.2. The van der Waals surface area contributed by atoms with E-state index in [1.54, 1.807) is 24.7 Å². The first kappa shape index (κ1) is 22.6. The van der Waals surface area contributed by atoms with Crippen LogP contribution in [-0.4, -0.2) is 51.4 Å². The average Bonchev–Trinajstić information content (AvgIpc) is 3.56. The summed E-state index contributed by atoms with van der Waals surface area (Å²) in [6.45, 7) is 4.01. The molecule has 0 bridgehead atoms. The Morgan fingerprint density at radius 3 is 2.72 bits per heavy atom. The Hall–Kier alpha value is -3.82. The average molecular weight is 499 g/mol.